The number of aliphatic hydroxyl groups excluding tert-OH is 2. The molecule has 12 heteroatoms. The van der Waals surface area contributed by atoms with Gasteiger partial charge in [-0.25, -0.2) is 9.48 Å². The number of aromatic nitrogens is 2. The monoisotopic (exact) mass is 494 g/mol. The number of para-hydroxylation sites is 1. The van der Waals surface area contributed by atoms with E-state index in [4.69, 9.17) is 9.84 Å². The summed E-state index contributed by atoms with van der Waals surface area (Å²) >= 11 is 0. The van der Waals surface area contributed by atoms with Crippen LogP contribution >= 0.6 is 0 Å². The van der Waals surface area contributed by atoms with Gasteiger partial charge in [-0.05, 0) is 36.8 Å². The molecule has 0 aliphatic rings. The number of rotatable bonds is 10. The van der Waals surface area contributed by atoms with E-state index < -0.39 is 18.1 Å². The number of alkyl halides is 3. The quantitative estimate of drug-likeness (QED) is 0.320. The first-order chi connectivity index (χ1) is 16.7. The van der Waals surface area contributed by atoms with Crippen molar-refractivity contribution in [3.8, 4) is 17.3 Å². The minimum Gasteiger partial charge on any atom is -0.476 e. The maximum atomic E-state index is 12.7. The molecular weight excluding hydrogens is 469 g/mol. The van der Waals surface area contributed by atoms with Gasteiger partial charge in [-0.3, -0.25) is 5.32 Å². The highest BCUT2D eigenvalue weighted by atomic mass is 19.4. The summed E-state index contributed by atoms with van der Waals surface area (Å²) in [5, 5.41) is 27.9. The summed E-state index contributed by atoms with van der Waals surface area (Å²) in [6.45, 7) is 1.17. The summed E-state index contributed by atoms with van der Waals surface area (Å²) in [5.41, 5.74) is 1.55. The Bertz CT molecular complexity index is 1140. The van der Waals surface area contributed by atoms with E-state index in [1.165, 1.54) is 16.8 Å². The van der Waals surface area contributed by atoms with E-state index >= 15 is 0 Å². The van der Waals surface area contributed by atoms with Crippen LogP contribution in [0, 0.1) is 6.92 Å². The number of urea groups is 1. The molecule has 0 fully saturated rings. The Morgan fingerprint density at radius 2 is 1.89 bits per heavy atom. The fourth-order valence-electron chi connectivity index (χ4n) is 3.17. The number of nitrogens with zero attached hydrogens (tertiary/aromatic N) is 2. The van der Waals surface area contributed by atoms with E-state index in [0.29, 0.717) is 29.1 Å². The van der Waals surface area contributed by atoms with Crippen LogP contribution in [-0.4, -0.2) is 45.6 Å². The van der Waals surface area contributed by atoms with Crippen molar-refractivity contribution in [3.05, 3.63) is 65.2 Å². The predicted octanol–water partition coefficient (Wildman–Crippen LogP) is 3.65. The number of aliphatic hydroxyl groups is 2. The van der Waals surface area contributed by atoms with Crippen molar-refractivity contribution in [3.63, 3.8) is 0 Å². The number of carbonyl (C=O) groups excluding carboxylic acids is 1. The first-order valence-electron chi connectivity index (χ1n) is 10.6. The van der Waals surface area contributed by atoms with Crippen LogP contribution in [0.25, 0.3) is 5.69 Å². The zero-order valence-corrected chi connectivity index (χ0v) is 18.8. The third kappa shape index (κ3) is 7.11. The SMILES string of the molecule is Cc1c(OCCCO)nn(-c2ccccc2)c1NC(=O)NCc1cc(CO)ccc1OC(F)(F)F. The van der Waals surface area contributed by atoms with Crippen LogP contribution in [0.1, 0.15) is 23.1 Å². The summed E-state index contributed by atoms with van der Waals surface area (Å²) in [6, 6.07) is 11.9. The Kier molecular flexibility index (Phi) is 8.55. The minimum atomic E-state index is -4.91. The van der Waals surface area contributed by atoms with Crippen molar-refractivity contribution in [1.29, 1.82) is 0 Å². The highest BCUT2D eigenvalue weighted by Gasteiger charge is 2.32. The zero-order chi connectivity index (χ0) is 25.4. The van der Waals surface area contributed by atoms with Crippen molar-refractivity contribution in [1.82, 2.24) is 15.1 Å². The molecule has 0 bridgehead atoms. The maximum Gasteiger partial charge on any atom is 0.573 e. The summed E-state index contributed by atoms with van der Waals surface area (Å²) < 4.78 is 49.3. The first-order valence-corrected chi connectivity index (χ1v) is 10.6. The summed E-state index contributed by atoms with van der Waals surface area (Å²) in [5.74, 6) is 0.0674. The van der Waals surface area contributed by atoms with Crippen molar-refractivity contribution in [2.24, 2.45) is 0 Å². The standard InChI is InChI=1S/C23H25F3N4O5/c1-15-20(30(18-6-3-2-4-7-18)29-21(15)34-11-5-10-31)28-22(33)27-13-17-12-16(14-32)8-9-19(17)35-23(24,25)26/h2-4,6-9,12,31-32H,5,10-11,13-14H2,1H3,(H2,27,28,33). The first kappa shape index (κ1) is 25.8. The average molecular weight is 494 g/mol. The number of ether oxygens (including phenoxy) is 2. The number of carbonyl (C=O) groups is 1. The summed E-state index contributed by atoms with van der Waals surface area (Å²) in [4.78, 5) is 12.7. The molecule has 3 rings (SSSR count). The van der Waals surface area contributed by atoms with Crippen molar-refractivity contribution < 1.29 is 37.7 Å². The van der Waals surface area contributed by atoms with Gasteiger partial charge in [-0.15, -0.1) is 18.3 Å². The largest absolute Gasteiger partial charge is 0.573 e. The number of benzene rings is 2. The van der Waals surface area contributed by atoms with Gasteiger partial charge in [0.2, 0.25) is 5.88 Å². The Morgan fingerprint density at radius 3 is 2.54 bits per heavy atom. The van der Waals surface area contributed by atoms with E-state index in [2.05, 4.69) is 20.5 Å². The molecule has 0 atom stereocenters. The van der Waals surface area contributed by atoms with E-state index in [1.807, 2.05) is 6.07 Å². The number of nitrogens with one attached hydrogen (secondary N) is 2. The smallest absolute Gasteiger partial charge is 0.476 e. The Labute approximate surface area is 199 Å². The molecule has 0 radical (unpaired) electrons. The Morgan fingerprint density at radius 1 is 1.14 bits per heavy atom. The molecule has 0 saturated heterocycles. The highest BCUT2D eigenvalue weighted by Crippen LogP contribution is 2.29. The highest BCUT2D eigenvalue weighted by molar-refractivity contribution is 5.89. The minimum absolute atomic E-state index is 0.0327. The molecule has 9 nitrogen and oxygen atoms in total. The van der Waals surface area contributed by atoms with E-state index in [1.54, 1.807) is 31.2 Å². The zero-order valence-electron chi connectivity index (χ0n) is 18.8. The molecule has 0 aliphatic carbocycles. The molecule has 2 amide bonds. The molecule has 188 valence electrons. The second-order valence-electron chi connectivity index (χ2n) is 7.41. The average Bonchev–Trinajstić information content (AvgIpc) is 3.13. The second-order valence-corrected chi connectivity index (χ2v) is 7.41. The van der Waals surface area contributed by atoms with Gasteiger partial charge in [0.15, 0.2) is 0 Å². The van der Waals surface area contributed by atoms with Gasteiger partial charge in [0.05, 0.1) is 24.5 Å². The van der Waals surface area contributed by atoms with Gasteiger partial charge < -0.3 is 25.0 Å². The normalized spacial score (nSPS) is 11.3. The molecule has 1 aromatic heterocycles. The van der Waals surface area contributed by atoms with Crippen LogP contribution in [0.5, 0.6) is 11.6 Å². The van der Waals surface area contributed by atoms with Gasteiger partial charge in [0.1, 0.15) is 11.6 Å². The fraction of sp³-hybridized carbons (Fsp3) is 0.304. The molecular formula is C23H25F3N4O5. The van der Waals surface area contributed by atoms with E-state index in [9.17, 15) is 23.1 Å². The van der Waals surface area contributed by atoms with Crippen LogP contribution in [-0.2, 0) is 13.2 Å². The molecule has 0 spiro atoms. The molecule has 0 saturated carbocycles. The molecule has 1 heterocycles. The topological polar surface area (TPSA) is 118 Å². The second kappa shape index (κ2) is 11.6. The predicted molar refractivity (Wildman–Crippen MR) is 120 cm³/mol. The molecule has 0 aliphatic heterocycles. The van der Waals surface area contributed by atoms with Crippen LogP contribution in [0.2, 0.25) is 0 Å². The lowest BCUT2D eigenvalue weighted by Gasteiger charge is -2.15. The maximum absolute atomic E-state index is 12.7. The van der Waals surface area contributed by atoms with Crippen molar-refractivity contribution in [2.75, 3.05) is 18.5 Å². The van der Waals surface area contributed by atoms with Gasteiger partial charge in [-0.1, -0.05) is 24.3 Å². The molecule has 2 aromatic carbocycles. The number of hydrogen-bond donors (Lipinski definition) is 4. The van der Waals surface area contributed by atoms with Crippen LogP contribution in [0.4, 0.5) is 23.8 Å². The number of halogens is 3. The summed E-state index contributed by atoms with van der Waals surface area (Å²) in [7, 11) is 0. The van der Waals surface area contributed by atoms with Crippen LogP contribution in [0.3, 0.4) is 0 Å². The van der Waals surface area contributed by atoms with E-state index in [0.717, 1.165) is 6.07 Å². The number of amides is 2. The molecule has 0 unspecified atom stereocenters. The third-order valence-electron chi connectivity index (χ3n) is 4.83. The lowest BCUT2D eigenvalue weighted by molar-refractivity contribution is -0.274. The van der Waals surface area contributed by atoms with Gasteiger partial charge in [0.25, 0.3) is 0 Å². The van der Waals surface area contributed by atoms with Crippen molar-refractivity contribution >= 4 is 11.8 Å². The molecule has 4 N–H and O–H groups in total. The third-order valence-corrected chi connectivity index (χ3v) is 4.83. The molecule has 35 heavy (non-hydrogen) atoms. The van der Waals surface area contributed by atoms with Gasteiger partial charge in [-0.2, -0.15) is 0 Å². The molecule has 3 aromatic rings. The summed E-state index contributed by atoms with van der Waals surface area (Å²) in [6.07, 6.45) is -4.51. The van der Waals surface area contributed by atoms with E-state index in [-0.39, 0.29) is 37.8 Å². The Hall–Kier alpha value is -3.77. The van der Waals surface area contributed by atoms with Gasteiger partial charge >= 0.3 is 12.4 Å². The van der Waals surface area contributed by atoms with Crippen LogP contribution in [0.15, 0.2) is 48.5 Å². The number of anilines is 1. The fourth-order valence-corrected chi connectivity index (χ4v) is 3.17. The number of hydrogen-bond acceptors (Lipinski definition) is 6. The lowest BCUT2D eigenvalue weighted by atomic mass is 10.1. The van der Waals surface area contributed by atoms with Crippen molar-refractivity contribution in [2.45, 2.75) is 32.9 Å². The Balaban J connectivity index is 1.80. The van der Waals surface area contributed by atoms with Gasteiger partial charge in [0, 0.05) is 25.1 Å². The van der Waals surface area contributed by atoms with Crippen LogP contribution < -0.4 is 20.1 Å². The lowest BCUT2D eigenvalue weighted by Crippen LogP contribution is -2.30.